The molecule has 1 amide bonds. The van der Waals surface area contributed by atoms with E-state index in [1.165, 1.54) is 6.42 Å². The molecular formula is C10H20N2O. The SMILES string of the molecule is CCC(CNC)C1CCNC(=O)C1. The van der Waals surface area contributed by atoms with Gasteiger partial charge in [0.05, 0.1) is 0 Å². The number of amides is 1. The molecule has 1 aliphatic rings. The van der Waals surface area contributed by atoms with Gasteiger partial charge >= 0.3 is 0 Å². The van der Waals surface area contributed by atoms with Crippen molar-refractivity contribution in [2.45, 2.75) is 26.2 Å². The fourth-order valence-corrected chi connectivity index (χ4v) is 2.12. The smallest absolute Gasteiger partial charge is 0.220 e. The zero-order valence-electron chi connectivity index (χ0n) is 8.60. The summed E-state index contributed by atoms with van der Waals surface area (Å²) in [5.74, 6) is 1.48. The molecule has 2 N–H and O–H groups in total. The molecule has 3 heteroatoms. The predicted octanol–water partition coefficient (Wildman–Crippen LogP) is 0.758. The molecule has 1 saturated heterocycles. The highest BCUT2D eigenvalue weighted by Gasteiger charge is 2.25. The standard InChI is InChI=1S/C10H20N2O/c1-3-8(7-11-2)9-4-5-12-10(13)6-9/h8-9,11H,3-7H2,1-2H3,(H,12,13). The molecule has 2 atom stereocenters. The first kappa shape index (κ1) is 10.5. The Bertz CT molecular complexity index is 170. The second-order valence-corrected chi connectivity index (χ2v) is 3.83. The van der Waals surface area contributed by atoms with Crippen molar-refractivity contribution in [2.75, 3.05) is 20.1 Å². The summed E-state index contributed by atoms with van der Waals surface area (Å²) in [6.45, 7) is 4.10. The van der Waals surface area contributed by atoms with E-state index in [1.54, 1.807) is 0 Å². The molecule has 1 aliphatic heterocycles. The molecule has 0 bridgehead atoms. The van der Waals surface area contributed by atoms with Crippen LogP contribution in [0.3, 0.4) is 0 Å². The minimum Gasteiger partial charge on any atom is -0.356 e. The van der Waals surface area contributed by atoms with E-state index < -0.39 is 0 Å². The van der Waals surface area contributed by atoms with Gasteiger partial charge in [0.1, 0.15) is 0 Å². The number of hydrogen-bond acceptors (Lipinski definition) is 2. The normalized spacial score (nSPS) is 25.4. The molecule has 0 saturated carbocycles. The summed E-state index contributed by atoms with van der Waals surface area (Å²) in [4.78, 5) is 11.2. The Morgan fingerprint density at radius 3 is 3.00 bits per heavy atom. The summed E-state index contributed by atoms with van der Waals surface area (Å²) >= 11 is 0. The van der Waals surface area contributed by atoms with Gasteiger partial charge in [-0.1, -0.05) is 13.3 Å². The van der Waals surface area contributed by atoms with Crippen molar-refractivity contribution in [3.8, 4) is 0 Å². The van der Waals surface area contributed by atoms with Crippen LogP contribution in [0.15, 0.2) is 0 Å². The highest BCUT2D eigenvalue weighted by atomic mass is 16.1. The van der Waals surface area contributed by atoms with Crippen LogP contribution in [0.5, 0.6) is 0 Å². The number of carbonyl (C=O) groups is 1. The van der Waals surface area contributed by atoms with E-state index in [2.05, 4.69) is 17.6 Å². The van der Waals surface area contributed by atoms with E-state index in [0.717, 1.165) is 25.9 Å². The average Bonchev–Trinajstić information content (AvgIpc) is 2.14. The Labute approximate surface area is 80.3 Å². The minimum absolute atomic E-state index is 0.228. The molecule has 3 nitrogen and oxygen atoms in total. The fourth-order valence-electron chi connectivity index (χ4n) is 2.12. The largest absolute Gasteiger partial charge is 0.356 e. The third-order valence-electron chi connectivity index (χ3n) is 2.94. The maximum atomic E-state index is 11.2. The molecule has 0 aromatic heterocycles. The molecule has 0 aliphatic carbocycles. The summed E-state index contributed by atoms with van der Waals surface area (Å²) in [7, 11) is 1.98. The first-order chi connectivity index (χ1) is 6.27. The van der Waals surface area contributed by atoms with Crippen molar-refractivity contribution in [3.63, 3.8) is 0 Å². The number of nitrogens with one attached hydrogen (secondary N) is 2. The van der Waals surface area contributed by atoms with Crippen molar-refractivity contribution in [1.29, 1.82) is 0 Å². The second kappa shape index (κ2) is 5.22. The van der Waals surface area contributed by atoms with Crippen molar-refractivity contribution in [2.24, 2.45) is 11.8 Å². The van der Waals surface area contributed by atoms with Crippen LogP contribution in [0.4, 0.5) is 0 Å². The molecule has 0 aromatic carbocycles. The molecule has 0 aromatic rings. The van der Waals surface area contributed by atoms with E-state index in [1.807, 2.05) is 7.05 Å². The molecule has 13 heavy (non-hydrogen) atoms. The minimum atomic E-state index is 0.228. The Morgan fingerprint density at radius 1 is 1.69 bits per heavy atom. The van der Waals surface area contributed by atoms with E-state index in [0.29, 0.717) is 11.8 Å². The van der Waals surface area contributed by atoms with Gasteiger partial charge in [0.2, 0.25) is 5.91 Å². The fraction of sp³-hybridized carbons (Fsp3) is 0.900. The summed E-state index contributed by atoms with van der Waals surface area (Å²) in [5, 5.41) is 6.07. The van der Waals surface area contributed by atoms with Crippen molar-refractivity contribution < 1.29 is 4.79 Å². The quantitative estimate of drug-likeness (QED) is 0.677. The molecule has 0 spiro atoms. The van der Waals surface area contributed by atoms with Crippen molar-refractivity contribution >= 4 is 5.91 Å². The average molecular weight is 184 g/mol. The van der Waals surface area contributed by atoms with Gasteiger partial charge in [-0.3, -0.25) is 4.79 Å². The zero-order valence-corrected chi connectivity index (χ0v) is 8.60. The van der Waals surface area contributed by atoms with Gasteiger partial charge in [0.15, 0.2) is 0 Å². The lowest BCUT2D eigenvalue weighted by atomic mass is 9.83. The highest BCUT2D eigenvalue weighted by Crippen LogP contribution is 2.24. The van der Waals surface area contributed by atoms with E-state index >= 15 is 0 Å². The molecular weight excluding hydrogens is 164 g/mol. The lowest BCUT2D eigenvalue weighted by Crippen LogP contribution is -2.38. The van der Waals surface area contributed by atoms with Crippen LogP contribution >= 0.6 is 0 Å². The topological polar surface area (TPSA) is 41.1 Å². The van der Waals surface area contributed by atoms with E-state index in [9.17, 15) is 4.79 Å². The first-order valence-electron chi connectivity index (χ1n) is 5.19. The third-order valence-corrected chi connectivity index (χ3v) is 2.94. The molecule has 2 unspecified atom stereocenters. The first-order valence-corrected chi connectivity index (χ1v) is 5.19. The van der Waals surface area contributed by atoms with Crippen molar-refractivity contribution in [1.82, 2.24) is 10.6 Å². The lowest BCUT2D eigenvalue weighted by molar-refractivity contribution is -0.124. The second-order valence-electron chi connectivity index (χ2n) is 3.83. The number of rotatable bonds is 4. The molecule has 1 rings (SSSR count). The highest BCUT2D eigenvalue weighted by molar-refractivity contribution is 5.76. The summed E-state index contributed by atoms with van der Waals surface area (Å²) in [5.41, 5.74) is 0. The van der Waals surface area contributed by atoms with Gasteiger partial charge in [-0.05, 0) is 31.8 Å². The van der Waals surface area contributed by atoms with Gasteiger partial charge in [-0.15, -0.1) is 0 Å². The third kappa shape index (κ3) is 2.99. The maximum Gasteiger partial charge on any atom is 0.220 e. The Morgan fingerprint density at radius 2 is 2.46 bits per heavy atom. The Kier molecular flexibility index (Phi) is 4.22. The predicted molar refractivity (Wildman–Crippen MR) is 53.4 cm³/mol. The Hall–Kier alpha value is -0.570. The van der Waals surface area contributed by atoms with Gasteiger partial charge in [-0.2, -0.15) is 0 Å². The molecule has 1 heterocycles. The lowest BCUT2D eigenvalue weighted by Gasteiger charge is -2.29. The Balaban J connectivity index is 2.42. The van der Waals surface area contributed by atoms with Crippen LogP contribution in [0.2, 0.25) is 0 Å². The van der Waals surface area contributed by atoms with Crippen LogP contribution in [-0.4, -0.2) is 26.0 Å². The van der Waals surface area contributed by atoms with Crippen LogP contribution < -0.4 is 10.6 Å². The van der Waals surface area contributed by atoms with E-state index in [-0.39, 0.29) is 5.91 Å². The zero-order chi connectivity index (χ0) is 9.68. The van der Waals surface area contributed by atoms with E-state index in [4.69, 9.17) is 0 Å². The summed E-state index contributed by atoms with van der Waals surface area (Å²) in [6, 6.07) is 0. The maximum absolute atomic E-state index is 11.2. The number of piperidine rings is 1. The molecule has 0 radical (unpaired) electrons. The van der Waals surface area contributed by atoms with Gasteiger partial charge in [-0.25, -0.2) is 0 Å². The monoisotopic (exact) mass is 184 g/mol. The number of carbonyl (C=O) groups excluding carboxylic acids is 1. The van der Waals surface area contributed by atoms with Crippen molar-refractivity contribution in [3.05, 3.63) is 0 Å². The van der Waals surface area contributed by atoms with Crippen LogP contribution in [0, 0.1) is 11.8 Å². The summed E-state index contributed by atoms with van der Waals surface area (Å²) in [6.07, 6.45) is 3.03. The van der Waals surface area contributed by atoms with Crippen LogP contribution in [0.25, 0.3) is 0 Å². The molecule has 1 fully saturated rings. The van der Waals surface area contributed by atoms with Crippen LogP contribution in [-0.2, 0) is 4.79 Å². The molecule has 76 valence electrons. The van der Waals surface area contributed by atoms with Gasteiger partial charge in [0, 0.05) is 13.0 Å². The van der Waals surface area contributed by atoms with Gasteiger partial charge in [0.25, 0.3) is 0 Å². The summed E-state index contributed by atoms with van der Waals surface area (Å²) < 4.78 is 0. The number of hydrogen-bond donors (Lipinski definition) is 2. The van der Waals surface area contributed by atoms with Crippen LogP contribution in [0.1, 0.15) is 26.2 Å². The van der Waals surface area contributed by atoms with Gasteiger partial charge < -0.3 is 10.6 Å².